The van der Waals surface area contributed by atoms with Crippen LogP contribution in [0.15, 0.2) is 28.2 Å². The van der Waals surface area contributed by atoms with Gasteiger partial charge in [0, 0.05) is 39.9 Å². The normalized spacial score (nSPS) is 15.0. The molecule has 1 aliphatic heterocycles. The van der Waals surface area contributed by atoms with Gasteiger partial charge >= 0.3 is 5.69 Å². The van der Waals surface area contributed by atoms with Gasteiger partial charge in [-0.2, -0.15) is 0 Å². The highest BCUT2D eigenvalue weighted by Gasteiger charge is 2.17. The summed E-state index contributed by atoms with van der Waals surface area (Å²) in [5.74, 6) is 0.947. The Morgan fingerprint density at radius 3 is 2.60 bits per heavy atom. The van der Waals surface area contributed by atoms with E-state index in [0.29, 0.717) is 10.8 Å². The summed E-state index contributed by atoms with van der Waals surface area (Å²) >= 11 is 1.35. The largest absolute Gasteiger partial charge is 0.379 e. The molecule has 1 saturated heterocycles. The molecule has 2 aromatic heterocycles. The molecule has 160 valence electrons. The lowest BCUT2D eigenvalue weighted by Gasteiger charge is -2.25. The van der Waals surface area contributed by atoms with Crippen LogP contribution in [0.4, 0.5) is 5.69 Å². The van der Waals surface area contributed by atoms with E-state index in [4.69, 9.17) is 4.74 Å². The van der Waals surface area contributed by atoms with Crippen molar-refractivity contribution in [1.82, 2.24) is 28.8 Å². The number of hydrogen-bond acceptors (Lipinski definition) is 7. The monoisotopic (exact) mass is 431 g/mol. The number of carbonyl (C=O) groups excluding carboxylic acids is 1. The Bertz CT molecular complexity index is 1130. The quantitative estimate of drug-likeness (QED) is 0.570. The highest BCUT2D eigenvalue weighted by molar-refractivity contribution is 7.99. The number of nitrogens with one attached hydrogen (secondary N) is 1. The second-order valence-corrected chi connectivity index (χ2v) is 8.23. The zero-order valence-electron chi connectivity index (χ0n) is 17.3. The average Bonchev–Trinajstić information content (AvgIpc) is 3.20. The smallest absolute Gasteiger partial charge is 0.328 e. The molecule has 0 saturated carbocycles. The van der Waals surface area contributed by atoms with E-state index in [1.807, 2.05) is 23.7 Å². The zero-order chi connectivity index (χ0) is 21.3. The van der Waals surface area contributed by atoms with E-state index in [2.05, 4.69) is 20.4 Å². The third kappa shape index (κ3) is 4.13. The minimum absolute atomic E-state index is 0.0980. The predicted octanol–water partition coefficient (Wildman–Crippen LogP) is 0.569. The number of aryl methyl sites for hydroxylation is 2. The standard InChI is InChI=1S/C19H25N7O3S/c1-23-14-5-4-13(10-15(14)24(2)19(23)28)20-17(27)12-30-18-22-21-16(25(18)3)11-26-6-8-29-9-7-26/h4-5,10H,6-9,11-12H2,1-3H3,(H,20,27). The molecule has 0 aliphatic carbocycles. The minimum Gasteiger partial charge on any atom is -0.379 e. The van der Waals surface area contributed by atoms with E-state index in [1.54, 1.807) is 29.3 Å². The van der Waals surface area contributed by atoms with Crippen molar-refractivity contribution < 1.29 is 9.53 Å². The van der Waals surface area contributed by atoms with E-state index >= 15 is 0 Å². The van der Waals surface area contributed by atoms with Gasteiger partial charge in [-0.15, -0.1) is 10.2 Å². The SMILES string of the molecule is Cn1c(CN2CCOCC2)nnc1SCC(=O)Nc1ccc2c(c1)n(C)c(=O)n2C. The number of rotatable bonds is 6. The number of nitrogens with zero attached hydrogens (tertiary/aromatic N) is 6. The van der Waals surface area contributed by atoms with Crippen molar-refractivity contribution in [3.63, 3.8) is 0 Å². The third-order valence-electron chi connectivity index (χ3n) is 5.28. The van der Waals surface area contributed by atoms with Gasteiger partial charge in [0.05, 0.1) is 36.5 Å². The van der Waals surface area contributed by atoms with Crippen molar-refractivity contribution in [3.8, 4) is 0 Å². The molecule has 11 heteroatoms. The second kappa shape index (κ2) is 8.62. The lowest BCUT2D eigenvalue weighted by atomic mass is 10.2. The van der Waals surface area contributed by atoms with E-state index in [9.17, 15) is 9.59 Å². The Kier molecular flexibility index (Phi) is 5.93. The van der Waals surface area contributed by atoms with E-state index in [-0.39, 0.29) is 17.3 Å². The third-order valence-corrected chi connectivity index (χ3v) is 6.30. The van der Waals surface area contributed by atoms with Crippen molar-refractivity contribution in [2.45, 2.75) is 11.7 Å². The van der Waals surface area contributed by atoms with Crippen LogP contribution in [0.25, 0.3) is 11.0 Å². The molecule has 30 heavy (non-hydrogen) atoms. The van der Waals surface area contributed by atoms with Crippen LogP contribution in [-0.4, -0.2) is 66.8 Å². The number of hydrogen-bond donors (Lipinski definition) is 1. The van der Waals surface area contributed by atoms with Gasteiger partial charge in [0.15, 0.2) is 5.16 Å². The number of carbonyl (C=O) groups is 1. The summed E-state index contributed by atoms with van der Waals surface area (Å²) in [6.45, 7) is 3.96. The van der Waals surface area contributed by atoms with Crippen LogP contribution < -0.4 is 11.0 Å². The number of imidazole rings is 1. The highest BCUT2D eigenvalue weighted by Crippen LogP contribution is 2.20. The van der Waals surface area contributed by atoms with Gasteiger partial charge in [-0.3, -0.25) is 18.8 Å². The lowest BCUT2D eigenvalue weighted by Crippen LogP contribution is -2.36. The first-order valence-electron chi connectivity index (χ1n) is 9.70. The maximum Gasteiger partial charge on any atom is 0.328 e. The van der Waals surface area contributed by atoms with Crippen molar-refractivity contribution in [3.05, 3.63) is 34.5 Å². The van der Waals surface area contributed by atoms with Crippen LogP contribution in [0.2, 0.25) is 0 Å². The van der Waals surface area contributed by atoms with Gasteiger partial charge in [0.1, 0.15) is 5.82 Å². The zero-order valence-corrected chi connectivity index (χ0v) is 18.1. The molecule has 0 bridgehead atoms. The molecule has 3 heterocycles. The molecule has 0 spiro atoms. The molecule has 4 rings (SSSR count). The van der Waals surface area contributed by atoms with Gasteiger partial charge in [-0.25, -0.2) is 4.79 Å². The first kappa shape index (κ1) is 20.6. The summed E-state index contributed by atoms with van der Waals surface area (Å²) in [6.07, 6.45) is 0. The molecule has 0 unspecified atom stereocenters. The first-order chi connectivity index (χ1) is 14.4. The Hall–Kier alpha value is -2.63. The molecule has 0 atom stereocenters. The van der Waals surface area contributed by atoms with Crippen LogP contribution in [0.5, 0.6) is 0 Å². The van der Waals surface area contributed by atoms with E-state index < -0.39 is 0 Å². The van der Waals surface area contributed by atoms with Crippen molar-refractivity contribution in [2.75, 3.05) is 37.4 Å². The Labute approximate surface area is 177 Å². The molecule has 1 amide bonds. The molecule has 1 aliphatic rings. The first-order valence-corrected chi connectivity index (χ1v) is 10.7. The highest BCUT2D eigenvalue weighted by atomic mass is 32.2. The maximum atomic E-state index is 12.4. The molecule has 10 nitrogen and oxygen atoms in total. The van der Waals surface area contributed by atoms with Crippen LogP contribution in [-0.2, 0) is 37.2 Å². The number of fused-ring (bicyclic) bond motifs is 1. The van der Waals surface area contributed by atoms with Gasteiger partial charge in [0.25, 0.3) is 0 Å². The van der Waals surface area contributed by atoms with Crippen molar-refractivity contribution in [2.24, 2.45) is 21.1 Å². The van der Waals surface area contributed by atoms with Crippen LogP contribution in [0.1, 0.15) is 5.82 Å². The summed E-state index contributed by atoms with van der Waals surface area (Å²) in [4.78, 5) is 26.8. The van der Waals surface area contributed by atoms with Gasteiger partial charge in [-0.05, 0) is 18.2 Å². The number of aromatic nitrogens is 5. The molecular weight excluding hydrogens is 406 g/mol. The number of anilines is 1. The molecule has 1 fully saturated rings. The molecule has 3 aromatic rings. The fraction of sp³-hybridized carbons (Fsp3) is 0.474. The number of morpholine rings is 1. The summed E-state index contributed by atoms with van der Waals surface area (Å²) < 4.78 is 10.4. The molecular formula is C19H25N7O3S. The Morgan fingerprint density at radius 1 is 1.10 bits per heavy atom. The van der Waals surface area contributed by atoms with Gasteiger partial charge in [0.2, 0.25) is 5.91 Å². The Morgan fingerprint density at radius 2 is 1.83 bits per heavy atom. The minimum atomic E-state index is -0.141. The molecule has 1 aromatic carbocycles. The number of thioether (sulfide) groups is 1. The number of ether oxygens (including phenoxy) is 1. The van der Waals surface area contributed by atoms with Crippen LogP contribution in [0, 0.1) is 0 Å². The maximum absolute atomic E-state index is 12.4. The Balaban J connectivity index is 1.36. The fourth-order valence-corrected chi connectivity index (χ4v) is 4.21. The summed E-state index contributed by atoms with van der Waals surface area (Å²) in [6, 6.07) is 5.44. The van der Waals surface area contributed by atoms with E-state index in [1.165, 1.54) is 11.8 Å². The molecule has 0 radical (unpaired) electrons. The van der Waals surface area contributed by atoms with E-state index in [0.717, 1.165) is 49.7 Å². The topological polar surface area (TPSA) is 99.2 Å². The summed E-state index contributed by atoms with van der Waals surface area (Å²) in [5, 5.41) is 12.1. The fourth-order valence-electron chi connectivity index (χ4n) is 3.48. The summed E-state index contributed by atoms with van der Waals surface area (Å²) in [5.41, 5.74) is 2.15. The van der Waals surface area contributed by atoms with Crippen LogP contribution in [0.3, 0.4) is 0 Å². The van der Waals surface area contributed by atoms with Gasteiger partial charge < -0.3 is 14.6 Å². The van der Waals surface area contributed by atoms with Crippen molar-refractivity contribution in [1.29, 1.82) is 0 Å². The average molecular weight is 432 g/mol. The van der Waals surface area contributed by atoms with Crippen LogP contribution >= 0.6 is 11.8 Å². The predicted molar refractivity (Wildman–Crippen MR) is 115 cm³/mol. The number of benzene rings is 1. The van der Waals surface area contributed by atoms with Crippen molar-refractivity contribution >= 4 is 34.4 Å². The molecule has 1 N–H and O–H groups in total. The van der Waals surface area contributed by atoms with Gasteiger partial charge in [-0.1, -0.05) is 11.8 Å². The lowest BCUT2D eigenvalue weighted by molar-refractivity contribution is -0.113. The summed E-state index contributed by atoms with van der Waals surface area (Å²) in [7, 11) is 5.36. The number of amides is 1. The second-order valence-electron chi connectivity index (χ2n) is 7.29.